The third-order valence-corrected chi connectivity index (χ3v) is 2.43. The highest BCUT2D eigenvalue weighted by molar-refractivity contribution is 5.72. The van der Waals surface area contributed by atoms with Gasteiger partial charge in [0.15, 0.2) is 0 Å². The second-order valence-electron chi connectivity index (χ2n) is 3.60. The molecule has 1 unspecified atom stereocenters. The fourth-order valence-electron chi connectivity index (χ4n) is 1.64. The van der Waals surface area contributed by atoms with Crippen molar-refractivity contribution in [2.45, 2.75) is 25.7 Å². The molecule has 78 valence electrons. The molecule has 1 N–H and O–H groups in total. The Kier molecular flexibility index (Phi) is 5.09. The van der Waals surface area contributed by atoms with Crippen LogP contribution >= 0.6 is 0 Å². The summed E-state index contributed by atoms with van der Waals surface area (Å²) in [7, 11) is 0. The lowest BCUT2D eigenvalue weighted by Gasteiger charge is -2.22. The number of terminal acetylenes is 1. The van der Waals surface area contributed by atoms with Crippen molar-refractivity contribution >= 4 is 5.97 Å². The minimum absolute atomic E-state index is 0.0862. The lowest BCUT2D eigenvalue weighted by atomic mass is 9.97. The number of hydrogen-bond acceptors (Lipinski definition) is 3. The number of hydrogen-bond donors (Lipinski definition) is 1. The molecule has 0 radical (unpaired) electrons. The van der Waals surface area contributed by atoms with E-state index in [0.717, 1.165) is 19.5 Å². The SMILES string of the molecule is C#CCC(=O)OCCC1CCCNC1. The van der Waals surface area contributed by atoms with Gasteiger partial charge in [-0.1, -0.05) is 5.92 Å². The van der Waals surface area contributed by atoms with E-state index < -0.39 is 0 Å². The van der Waals surface area contributed by atoms with Crippen molar-refractivity contribution in [1.82, 2.24) is 5.32 Å². The molecular weight excluding hydrogens is 178 g/mol. The Hall–Kier alpha value is -1.01. The van der Waals surface area contributed by atoms with Crippen molar-refractivity contribution in [1.29, 1.82) is 0 Å². The second-order valence-corrected chi connectivity index (χ2v) is 3.60. The van der Waals surface area contributed by atoms with Crippen molar-refractivity contribution in [2.24, 2.45) is 5.92 Å². The number of nitrogens with one attached hydrogen (secondary N) is 1. The molecule has 0 spiro atoms. The number of piperidine rings is 1. The van der Waals surface area contributed by atoms with Crippen LogP contribution in [0, 0.1) is 18.3 Å². The molecule has 1 saturated heterocycles. The predicted octanol–water partition coefficient (Wildman–Crippen LogP) is 0.943. The molecule has 1 fully saturated rings. The smallest absolute Gasteiger partial charge is 0.317 e. The van der Waals surface area contributed by atoms with Gasteiger partial charge in [0.2, 0.25) is 0 Å². The van der Waals surface area contributed by atoms with Gasteiger partial charge in [0.1, 0.15) is 6.42 Å². The number of ether oxygens (including phenoxy) is 1. The first-order valence-corrected chi connectivity index (χ1v) is 5.12. The maximum atomic E-state index is 10.9. The van der Waals surface area contributed by atoms with E-state index in [0.29, 0.717) is 12.5 Å². The summed E-state index contributed by atoms with van der Waals surface area (Å²) in [5.74, 6) is 2.64. The van der Waals surface area contributed by atoms with E-state index in [1.165, 1.54) is 12.8 Å². The zero-order valence-corrected chi connectivity index (χ0v) is 8.42. The van der Waals surface area contributed by atoms with E-state index >= 15 is 0 Å². The molecule has 1 rings (SSSR count). The first kappa shape index (κ1) is 11.1. The minimum atomic E-state index is -0.281. The van der Waals surface area contributed by atoms with Crippen LogP contribution in [0.15, 0.2) is 0 Å². The molecule has 0 amide bonds. The Balaban J connectivity index is 2.03. The molecule has 0 bridgehead atoms. The summed E-state index contributed by atoms with van der Waals surface area (Å²) in [5, 5.41) is 3.33. The number of carbonyl (C=O) groups excluding carboxylic acids is 1. The maximum Gasteiger partial charge on any atom is 0.317 e. The fraction of sp³-hybridized carbons (Fsp3) is 0.727. The van der Waals surface area contributed by atoms with Gasteiger partial charge in [0, 0.05) is 0 Å². The summed E-state index contributed by atoms with van der Waals surface area (Å²) < 4.78 is 4.98. The van der Waals surface area contributed by atoms with Crippen LogP contribution in [0.5, 0.6) is 0 Å². The first-order chi connectivity index (χ1) is 6.83. The van der Waals surface area contributed by atoms with Crippen LogP contribution in [0.2, 0.25) is 0 Å². The van der Waals surface area contributed by atoms with Gasteiger partial charge in [0.25, 0.3) is 0 Å². The maximum absolute atomic E-state index is 10.9. The third kappa shape index (κ3) is 4.29. The highest BCUT2D eigenvalue weighted by atomic mass is 16.5. The first-order valence-electron chi connectivity index (χ1n) is 5.12. The average Bonchev–Trinajstić information content (AvgIpc) is 2.20. The highest BCUT2D eigenvalue weighted by Gasteiger charge is 2.13. The van der Waals surface area contributed by atoms with Crippen LogP contribution in [-0.2, 0) is 9.53 Å². The summed E-state index contributed by atoms with van der Waals surface area (Å²) >= 11 is 0. The quantitative estimate of drug-likeness (QED) is 0.536. The Morgan fingerprint density at radius 2 is 2.50 bits per heavy atom. The second kappa shape index (κ2) is 6.44. The van der Waals surface area contributed by atoms with Crippen molar-refractivity contribution in [3.8, 4) is 12.3 Å². The Labute approximate surface area is 85.2 Å². The average molecular weight is 195 g/mol. The molecule has 3 heteroatoms. The zero-order chi connectivity index (χ0) is 10.2. The van der Waals surface area contributed by atoms with Gasteiger partial charge in [-0.2, -0.15) is 0 Å². The summed E-state index contributed by atoms with van der Waals surface area (Å²) in [4.78, 5) is 10.9. The Bertz CT molecular complexity index is 214. The van der Waals surface area contributed by atoms with E-state index in [1.54, 1.807) is 0 Å². The molecular formula is C11H17NO2. The minimum Gasteiger partial charge on any atom is -0.465 e. The van der Waals surface area contributed by atoms with Gasteiger partial charge >= 0.3 is 5.97 Å². The molecule has 1 aliphatic heterocycles. The van der Waals surface area contributed by atoms with E-state index in [4.69, 9.17) is 11.2 Å². The van der Waals surface area contributed by atoms with Gasteiger partial charge < -0.3 is 10.1 Å². The van der Waals surface area contributed by atoms with Crippen molar-refractivity contribution in [3.63, 3.8) is 0 Å². The molecule has 3 nitrogen and oxygen atoms in total. The van der Waals surface area contributed by atoms with E-state index in [-0.39, 0.29) is 12.4 Å². The monoisotopic (exact) mass is 195 g/mol. The van der Waals surface area contributed by atoms with Gasteiger partial charge in [0.05, 0.1) is 6.61 Å². The fourth-order valence-corrected chi connectivity index (χ4v) is 1.64. The molecule has 0 aromatic rings. The van der Waals surface area contributed by atoms with Gasteiger partial charge in [-0.05, 0) is 38.3 Å². The number of rotatable bonds is 4. The summed E-state index contributed by atoms with van der Waals surface area (Å²) in [5.41, 5.74) is 0. The number of carbonyl (C=O) groups is 1. The van der Waals surface area contributed by atoms with Crippen molar-refractivity contribution < 1.29 is 9.53 Å². The lowest BCUT2D eigenvalue weighted by Crippen LogP contribution is -2.30. The van der Waals surface area contributed by atoms with E-state index in [2.05, 4.69) is 11.2 Å². The Morgan fingerprint density at radius 3 is 3.14 bits per heavy atom. The molecule has 0 aromatic heterocycles. The molecule has 1 aliphatic rings. The molecule has 0 aliphatic carbocycles. The van der Waals surface area contributed by atoms with E-state index in [9.17, 15) is 4.79 Å². The highest BCUT2D eigenvalue weighted by Crippen LogP contribution is 2.13. The molecule has 14 heavy (non-hydrogen) atoms. The van der Waals surface area contributed by atoms with Crippen LogP contribution in [0.1, 0.15) is 25.7 Å². The van der Waals surface area contributed by atoms with Gasteiger partial charge in [-0.15, -0.1) is 6.42 Å². The summed E-state index contributed by atoms with van der Waals surface area (Å²) in [6, 6.07) is 0. The normalized spacial score (nSPS) is 21.2. The predicted molar refractivity (Wildman–Crippen MR) is 54.6 cm³/mol. The molecule has 1 atom stereocenters. The van der Waals surface area contributed by atoms with Crippen LogP contribution in [0.4, 0.5) is 0 Å². The van der Waals surface area contributed by atoms with Crippen molar-refractivity contribution in [2.75, 3.05) is 19.7 Å². The Morgan fingerprint density at radius 1 is 1.64 bits per heavy atom. The standard InChI is InChI=1S/C11H17NO2/c1-2-4-11(13)14-8-6-10-5-3-7-12-9-10/h1,10,12H,3-9H2. The van der Waals surface area contributed by atoms with Crippen LogP contribution in [0.3, 0.4) is 0 Å². The summed E-state index contributed by atoms with van der Waals surface area (Å²) in [6.45, 7) is 2.67. The van der Waals surface area contributed by atoms with Crippen LogP contribution < -0.4 is 5.32 Å². The van der Waals surface area contributed by atoms with Crippen molar-refractivity contribution in [3.05, 3.63) is 0 Å². The topological polar surface area (TPSA) is 38.3 Å². The van der Waals surface area contributed by atoms with E-state index in [1.807, 2.05) is 0 Å². The largest absolute Gasteiger partial charge is 0.465 e. The van der Waals surface area contributed by atoms with Gasteiger partial charge in [-0.25, -0.2) is 0 Å². The summed E-state index contributed by atoms with van der Waals surface area (Å²) in [6.07, 6.45) is 8.48. The molecule has 0 aromatic carbocycles. The molecule has 1 heterocycles. The van der Waals surface area contributed by atoms with Gasteiger partial charge in [-0.3, -0.25) is 4.79 Å². The zero-order valence-electron chi connectivity index (χ0n) is 8.42. The third-order valence-electron chi connectivity index (χ3n) is 2.43. The van der Waals surface area contributed by atoms with Crippen LogP contribution in [0.25, 0.3) is 0 Å². The lowest BCUT2D eigenvalue weighted by molar-refractivity contribution is -0.142. The molecule has 0 saturated carbocycles. The number of esters is 1. The van der Waals surface area contributed by atoms with Crippen LogP contribution in [-0.4, -0.2) is 25.7 Å².